The first-order chi connectivity index (χ1) is 16.8. The molecule has 0 radical (unpaired) electrons. The summed E-state index contributed by atoms with van der Waals surface area (Å²) in [6.07, 6.45) is 5.20. The molecule has 186 valence electrons. The Morgan fingerprint density at radius 3 is 2.54 bits per heavy atom. The van der Waals surface area contributed by atoms with Crippen LogP contribution in [0, 0.1) is 17.8 Å². The highest BCUT2D eigenvalue weighted by molar-refractivity contribution is 5.78. The molecular weight excluding hydrogens is 434 g/mol. The number of fused-ring (bicyclic) bond motifs is 1. The first-order valence-electron chi connectivity index (χ1n) is 12.9. The molecule has 0 saturated heterocycles. The van der Waals surface area contributed by atoms with Crippen molar-refractivity contribution in [2.45, 2.75) is 59.2 Å². The van der Waals surface area contributed by atoms with Crippen molar-refractivity contribution in [3.8, 4) is 11.4 Å². The molecule has 1 aliphatic carbocycles. The monoisotopic (exact) mass is 474 g/mol. The number of anilines is 1. The molecule has 1 heterocycles. The minimum absolute atomic E-state index is 0.00352. The van der Waals surface area contributed by atoms with Crippen LogP contribution in [0.15, 0.2) is 61.2 Å². The van der Waals surface area contributed by atoms with E-state index in [0.717, 1.165) is 41.0 Å². The van der Waals surface area contributed by atoms with Gasteiger partial charge in [0.2, 0.25) is 0 Å². The molecular formula is C30H40N3O2+. The van der Waals surface area contributed by atoms with E-state index in [2.05, 4.69) is 77.8 Å². The first-order valence-corrected chi connectivity index (χ1v) is 12.9. The predicted molar refractivity (Wildman–Crippen MR) is 143 cm³/mol. The van der Waals surface area contributed by atoms with E-state index in [0.29, 0.717) is 24.3 Å². The summed E-state index contributed by atoms with van der Waals surface area (Å²) in [5, 5.41) is 0. The molecule has 5 nitrogen and oxygen atoms in total. The number of hydrogen-bond acceptors (Lipinski definition) is 3. The number of carbonyl (C=O) groups is 1. The van der Waals surface area contributed by atoms with Gasteiger partial charge >= 0.3 is 5.97 Å². The molecule has 1 unspecified atom stereocenters. The van der Waals surface area contributed by atoms with Gasteiger partial charge in [-0.2, -0.15) is 0 Å². The lowest BCUT2D eigenvalue weighted by Crippen LogP contribution is -2.43. The largest absolute Gasteiger partial charge is 0.459 e. The van der Waals surface area contributed by atoms with Crippen molar-refractivity contribution < 1.29 is 14.1 Å². The number of imidazole rings is 1. The smallest absolute Gasteiger partial charge is 0.348 e. The molecule has 1 aliphatic rings. The minimum Gasteiger partial charge on any atom is -0.459 e. The average Bonchev–Trinajstić information content (AvgIpc) is 3.12. The second-order valence-corrected chi connectivity index (χ2v) is 10.6. The zero-order valence-electron chi connectivity index (χ0n) is 21.9. The highest BCUT2D eigenvalue weighted by Crippen LogP contribution is 2.35. The first kappa shape index (κ1) is 25.0. The Balaban J connectivity index is 1.73. The zero-order valence-corrected chi connectivity index (χ0v) is 21.9. The molecule has 0 spiro atoms. The number of benzene rings is 2. The topological polar surface area (TPSA) is 38.4 Å². The summed E-state index contributed by atoms with van der Waals surface area (Å²) in [7, 11) is 4.08. The molecule has 3 atom stereocenters. The van der Waals surface area contributed by atoms with Crippen molar-refractivity contribution in [2.24, 2.45) is 17.8 Å². The minimum atomic E-state index is -0.160. The number of aromatic nitrogens is 2. The second kappa shape index (κ2) is 10.7. The summed E-state index contributed by atoms with van der Waals surface area (Å²) in [5.74, 6) is 2.36. The van der Waals surface area contributed by atoms with Gasteiger partial charge in [-0.05, 0) is 67.0 Å². The van der Waals surface area contributed by atoms with Gasteiger partial charge in [0, 0.05) is 19.8 Å². The molecule has 3 aromatic rings. The fourth-order valence-corrected chi connectivity index (χ4v) is 5.57. The van der Waals surface area contributed by atoms with Gasteiger partial charge in [0.15, 0.2) is 17.6 Å². The van der Waals surface area contributed by atoms with E-state index in [9.17, 15) is 4.79 Å². The molecule has 1 saturated carbocycles. The molecule has 35 heavy (non-hydrogen) atoms. The molecule has 0 amide bonds. The third kappa shape index (κ3) is 5.29. The Morgan fingerprint density at radius 2 is 1.89 bits per heavy atom. The third-order valence-electron chi connectivity index (χ3n) is 7.46. The molecule has 1 fully saturated rings. The van der Waals surface area contributed by atoms with E-state index >= 15 is 0 Å². The van der Waals surface area contributed by atoms with Gasteiger partial charge < -0.3 is 9.64 Å². The SMILES string of the molecule is C=CCn1c(-c2ccc(N(C)C)cc2)[n+](CC(=O)OC2C[C@H](C)CC[C@H]2C(C)C)c2ccccc21. The quantitative estimate of drug-likeness (QED) is 0.233. The zero-order chi connectivity index (χ0) is 25.1. The average molecular weight is 475 g/mol. The summed E-state index contributed by atoms with van der Waals surface area (Å²) in [4.78, 5) is 15.5. The van der Waals surface area contributed by atoms with Crippen molar-refractivity contribution >= 4 is 22.7 Å². The van der Waals surface area contributed by atoms with E-state index in [1.54, 1.807) is 0 Å². The van der Waals surface area contributed by atoms with Crippen molar-refractivity contribution in [3.05, 3.63) is 61.2 Å². The predicted octanol–water partition coefficient (Wildman–Crippen LogP) is 5.85. The van der Waals surface area contributed by atoms with Crippen LogP contribution in [0.25, 0.3) is 22.4 Å². The van der Waals surface area contributed by atoms with E-state index in [1.807, 2.05) is 32.3 Å². The molecule has 0 N–H and O–H groups in total. The van der Waals surface area contributed by atoms with Crippen LogP contribution in [-0.4, -0.2) is 30.7 Å². The number of esters is 1. The summed E-state index contributed by atoms with van der Waals surface area (Å²) in [5.41, 5.74) is 4.30. The lowest BCUT2D eigenvalue weighted by molar-refractivity contribution is -0.649. The fourth-order valence-electron chi connectivity index (χ4n) is 5.57. The van der Waals surface area contributed by atoms with E-state index in [1.165, 1.54) is 6.42 Å². The summed E-state index contributed by atoms with van der Waals surface area (Å²) >= 11 is 0. The number of allylic oxidation sites excluding steroid dienone is 1. The normalized spacial score (nSPS) is 20.2. The van der Waals surface area contributed by atoms with Crippen LogP contribution in [0.5, 0.6) is 0 Å². The van der Waals surface area contributed by atoms with Crippen LogP contribution < -0.4 is 9.47 Å². The van der Waals surface area contributed by atoms with E-state index in [-0.39, 0.29) is 18.6 Å². The Bertz CT molecular complexity index is 1180. The molecule has 0 bridgehead atoms. The van der Waals surface area contributed by atoms with Crippen LogP contribution in [0.2, 0.25) is 0 Å². The van der Waals surface area contributed by atoms with Gasteiger partial charge in [-0.3, -0.25) is 0 Å². The van der Waals surface area contributed by atoms with Gasteiger partial charge in [-0.15, -0.1) is 0 Å². The van der Waals surface area contributed by atoms with Gasteiger partial charge in [0.25, 0.3) is 5.82 Å². The summed E-state index contributed by atoms with van der Waals surface area (Å²) in [6, 6.07) is 16.7. The van der Waals surface area contributed by atoms with E-state index in [4.69, 9.17) is 4.74 Å². The van der Waals surface area contributed by atoms with Gasteiger partial charge in [-0.25, -0.2) is 13.9 Å². The van der Waals surface area contributed by atoms with Crippen molar-refractivity contribution in [1.29, 1.82) is 0 Å². The summed E-state index contributed by atoms with van der Waals surface area (Å²) < 4.78 is 10.6. The molecule has 2 aromatic carbocycles. The summed E-state index contributed by atoms with van der Waals surface area (Å²) in [6.45, 7) is 11.6. The van der Waals surface area contributed by atoms with Crippen molar-refractivity contribution in [1.82, 2.24) is 4.57 Å². The van der Waals surface area contributed by atoms with Crippen LogP contribution in [0.1, 0.15) is 40.0 Å². The molecule has 4 rings (SSSR count). The van der Waals surface area contributed by atoms with E-state index < -0.39 is 0 Å². The van der Waals surface area contributed by atoms with Gasteiger partial charge in [0.1, 0.15) is 12.6 Å². The highest BCUT2D eigenvalue weighted by atomic mass is 16.5. The van der Waals surface area contributed by atoms with Crippen LogP contribution in [-0.2, 0) is 22.6 Å². The number of rotatable bonds is 8. The number of para-hydroxylation sites is 2. The molecule has 1 aromatic heterocycles. The lowest BCUT2D eigenvalue weighted by atomic mass is 9.75. The maximum atomic E-state index is 13.4. The van der Waals surface area contributed by atoms with Gasteiger partial charge in [-0.1, -0.05) is 52.0 Å². The standard InChI is InChI=1S/C30H40N3O2/c1-7-18-32-26-10-8-9-11-27(26)33(30(32)23-13-15-24(16-14-23)31(5)6)20-29(34)35-28-19-22(4)12-17-25(28)21(2)3/h7-11,13-16,21-22,25,28H,1,12,17-20H2,2-6H3/q+1/t22-,25+,28?/m1/s1. The van der Waals surface area contributed by atoms with Crippen LogP contribution in [0.4, 0.5) is 5.69 Å². The second-order valence-electron chi connectivity index (χ2n) is 10.6. The number of hydrogen-bond donors (Lipinski definition) is 0. The van der Waals surface area contributed by atoms with Gasteiger partial charge in [0.05, 0.1) is 5.56 Å². The van der Waals surface area contributed by atoms with Crippen molar-refractivity contribution in [3.63, 3.8) is 0 Å². The number of ether oxygens (including phenoxy) is 1. The Morgan fingerprint density at radius 1 is 1.17 bits per heavy atom. The Hall–Kier alpha value is -3.08. The maximum absolute atomic E-state index is 13.4. The number of nitrogens with zero attached hydrogens (tertiary/aromatic N) is 3. The fraction of sp³-hybridized carbons (Fsp3) is 0.467. The molecule has 0 aliphatic heterocycles. The van der Waals surface area contributed by atoms with Crippen molar-refractivity contribution in [2.75, 3.05) is 19.0 Å². The van der Waals surface area contributed by atoms with Crippen LogP contribution in [0.3, 0.4) is 0 Å². The number of carbonyl (C=O) groups excluding carboxylic acids is 1. The third-order valence-corrected chi connectivity index (χ3v) is 7.46. The molecule has 5 heteroatoms. The Labute approximate surface area is 210 Å². The highest BCUT2D eigenvalue weighted by Gasteiger charge is 2.35. The lowest BCUT2D eigenvalue weighted by Gasteiger charge is -2.36. The van der Waals surface area contributed by atoms with Crippen LogP contribution >= 0.6 is 0 Å². The maximum Gasteiger partial charge on any atom is 0.348 e. The Kier molecular flexibility index (Phi) is 7.63.